The van der Waals surface area contributed by atoms with Crippen LogP contribution in [0.2, 0.25) is 0 Å². The Bertz CT molecular complexity index is 2950. The second kappa shape index (κ2) is 40.4. The molecule has 0 spiro atoms. The summed E-state index contributed by atoms with van der Waals surface area (Å²) in [4.78, 5) is 140. The van der Waals surface area contributed by atoms with E-state index in [1.807, 2.05) is 13.8 Å². The molecule has 0 N–H and O–H groups in total. The molecule has 0 fully saturated rings. The van der Waals surface area contributed by atoms with Gasteiger partial charge in [0.1, 0.15) is 38.6 Å². The number of methoxy groups -OCH3 is 3. The molecule has 0 aliphatic heterocycles. The van der Waals surface area contributed by atoms with Crippen LogP contribution in [0.1, 0.15) is 138 Å². The predicted octanol–water partition coefficient (Wildman–Crippen LogP) is 7.61. The summed E-state index contributed by atoms with van der Waals surface area (Å²) >= 11 is 0. The van der Waals surface area contributed by atoms with E-state index in [9.17, 15) is 57.5 Å². The van der Waals surface area contributed by atoms with Crippen LogP contribution in [0, 0.1) is 10.8 Å². The first-order valence-corrected chi connectivity index (χ1v) is 27.3. The topological polar surface area (TPSA) is 316 Å². The minimum atomic E-state index is -0.755. The van der Waals surface area contributed by atoms with Gasteiger partial charge in [-0.3, -0.25) is 14.4 Å². The lowest BCUT2D eigenvalue weighted by Gasteiger charge is -2.23. The minimum Gasteiger partial charge on any atom is -0.462 e. The maximum absolute atomic E-state index is 12.4. The lowest BCUT2D eigenvalue weighted by molar-refractivity contribution is -0.145. The molecule has 0 amide bonds. The number of carbonyl (C=O) groups excluding carboxylic acids is 12. The molecule has 24 nitrogen and oxygen atoms in total. The third-order valence-corrected chi connectivity index (χ3v) is 11.0. The van der Waals surface area contributed by atoms with E-state index in [1.165, 1.54) is 97.4 Å². The highest BCUT2D eigenvalue weighted by Crippen LogP contribution is 2.20. The van der Waals surface area contributed by atoms with Crippen molar-refractivity contribution in [2.24, 2.45) is 10.8 Å². The van der Waals surface area contributed by atoms with Gasteiger partial charge in [0.2, 0.25) is 0 Å². The Morgan fingerprint density at radius 1 is 0.364 bits per heavy atom. The minimum absolute atomic E-state index is 0.00894. The van der Waals surface area contributed by atoms with Gasteiger partial charge in [-0.2, -0.15) is 0 Å². The molecule has 24 heteroatoms. The van der Waals surface area contributed by atoms with Crippen LogP contribution in [0.4, 0.5) is 0 Å². The van der Waals surface area contributed by atoms with Crippen LogP contribution in [-0.2, 0) is 85.6 Å². The Balaban J connectivity index is 0.000000662. The average molecular weight is 1230 g/mol. The lowest BCUT2D eigenvalue weighted by Crippen LogP contribution is -2.28. The highest BCUT2D eigenvalue weighted by molar-refractivity contribution is 6.03. The average Bonchev–Trinajstić information content (AvgIpc) is 1.88. The molecule has 0 aromatic heterocycles. The molecule has 88 heavy (non-hydrogen) atoms. The van der Waals surface area contributed by atoms with Gasteiger partial charge in [-0.25, -0.2) is 43.2 Å². The molecule has 0 saturated heterocycles. The SMILES string of the molecule is COC(C)COC(=O)c1cccc(C(=O)OCC(C)OC(=O)C=CC(C)=O)c1.COC(C)COC(=O)c1ccccc1C(=O)OCC(C)OC(=O)C=CC(C)=O.COCC(C)(C)COC(=O)c1cccc(C(=O)OCC(C)(C)COC(=O)C=CC(C)=O)c1. The molecule has 0 aliphatic rings. The van der Waals surface area contributed by atoms with Gasteiger partial charge >= 0.3 is 53.7 Å². The molecule has 0 heterocycles. The van der Waals surface area contributed by atoms with Crippen LogP contribution in [0.25, 0.3) is 0 Å². The van der Waals surface area contributed by atoms with Gasteiger partial charge in [0.25, 0.3) is 0 Å². The second-order valence-corrected chi connectivity index (χ2v) is 21.0. The molecule has 0 saturated carbocycles. The number of allylic oxidation sites excluding steroid dienone is 3. The van der Waals surface area contributed by atoms with Crippen molar-refractivity contribution in [1.29, 1.82) is 0 Å². The molecule has 3 rings (SSSR count). The number of benzene rings is 3. The summed E-state index contributed by atoms with van der Waals surface area (Å²) in [7, 11) is 4.58. The van der Waals surface area contributed by atoms with E-state index in [0.717, 1.165) is 36.5 Å². The number of ketones is 3. The van der Waals surface area contributed by atoms with Crippen LogP contribution in [0.15, 0.2) is 109 Å². The molecule has 480 valence electrons. The van der Waals surface area contributed by atoms with E-state index in [-0.39, 0.29) is 115 Å². The van der Waals surface area contributed by atoms with E-state index in [4.69, 9.17) is 56.8 Å². The summed E-state index contributed by atoms with van der Waals surface area (Å²) in [6.07, 6.45) is 4.34. The van der Waals surface area contributed by atoms with E-state index >= 15 is 0 Å². The van der Waals surface area contributed by atoms with Gasteiger partial charge in [0.15, 0.2) is 17.3 Å². The number of hydrogen-bond acceptors (Lipinski definition) is 24. The Kier molecular flexibility index (Phi) is 35.3. The fourth-order valence-corrected chi connectivity index (χ4v) is 6.19. The molecule has 0 aliphatic carbocycles. The highest BCUT2D eigenvalue weighted by atomic mass is 16.6. The zero-order valence-electron chi connectivity index (χ0n) is 52.2. The third-order valence-electron chi connectivity index (χ3n) is 11.0. The molecular weight excluding hydrogens is 1150 g/mol. The van der Waals surface area contributed by atoms with Crippen molar-refractivity contribution < 1.29 is 114 Å². The number of esters is 9. The second-order valence-electron chi connectivity index (χ2n) is 21.0. The van der Waals surface area contributed by atoms with Crippen LogP contribution in [0.5, 0.6) is 0 Å². The van der Waals surface area contributed by atoms with Gasteiger partial charge < -0.3 is 56.8 Å². The van der Waals surface area contributed by atoms with E-state index in [2.05, 4.69) is 0 Å². The lowest BCUT2D eigenvalue weighted by atomic mass is 9.96. The number of carbonyl (C=O) groups is 12. The summed E-state index contributed by atoms with van der Waals surface area (Å²) in [6.45, 7) is 18.1. The fourth-order valence-electron chi connectivity index (χ4n) is 6.19. The van der Waals surface area contributed by atoms with Crippen molar-refractivity contribution in [3.63, 3.8) is 0 Å². The Labute approximate surface area is 512 Å². The predicted molar refractivity (Wildman–Crippen MR) is 315 cm³/mol. The molecule has 0 radical (unpaired) electrons. The van der Waals surface area contributed by atoms with Gasteiger partial charge in [0, 0.05) is 50.4 Å². The maximum atomic E-state index is 12.4. The van der Waals surface area contributed by atoms with E-state index in [0.29, 0.717) is 6.61 Å². The molecule has 4 unspecified atom stereocenters. The molecule has 3 aromatic rings. The van der Waals surface area contributed by atoms with Crippen LogP contribution in [0.3, 0.4) is 0 Å². The first kappa shape index (κ1) is 77.0. The maximum Gasteiger partial charge on any atom is 0.339 e. The van der Waals surface area contributed by atoms with E-state index in [1.54, 1.807) is 59.1 Å². The van der Waals surface area contributed by atoms with E-state index < -0.39 is 71.3 Å². The smallest absolute Gasteiger partial charge is 0.339 e. The first-order chi connectivity index (χ1) is 41.3. The summed E-state index contributed by atoms with van der Waals surface area (Å²) < 4.78 is 61.2. The van der Waals surface area contributed by atoms with Gasteiger partial charge in [-0.05, 0) is 115 Å². The van der Waals surface area contributed by atoms with Crippen molar-refractivity contribution in [2.45, 2.75) is 101 Å². The third kappa shape index (κ3) is 33.6. The zero-order chi connectivity index (χ0) is 66.6. The van der Waals surface area contributed by atoms with Crippen molar-refractivity contribution in [3.05, 3.63) is 143 Å². The van der Waals surface area contributed by atoms with Crippen LogP contribution < -0.4 is 0 Å². The van der Waals surface area contributed by atoms with Crippen molar-refractivity contribution >= 4 is 71.1 Å². The summed E-state index contributed by atoms with van der Waals surface area (Å²) in [5, 5.41) is 0. The Morgan fingerprint density at radius 2 is 0.659 bits per heavy atom. The summed E-state index contributed by atoms with van der Waals surface area (Å²) in [6, 6.07) is 18.0. The number of rotatable bonds is 32. The number of ether oxygens (including phenoxy) is 12. The quantitative estimate of drug-likeness (QED) is 0.0330. The number of hydrogen-bond donors (Lipinski definition) is 0. The standard InChI is InChI=1S/C24H32O8.2C20H24O8/c1-17(25)10-11-20(26)30-14-24(4,5)16-32-22(28)19-9-7-8-18(12-19)21(27)31-15-23(2,3)13-29-6;1-13(21)8-9-18(22)28-15(3)12-27-20(24)17-7-5-6-16(10-17)19(23)26-11-14(2)25-4;1-13(21)9-10-18(22)28-15(3)12-27-20(24)17-8-6-5-7-16(17)19(23)26-11-14(2)25-4/h7-12H,13-16H2,1-6H3;2*5-10,14-15H,11-12H2,1-4H3. The highest BCUT2D eigenvalue weighted by Gasteiger charge is 2.26. The largest absolute Gasteiger partial charge is 0.462 e. The molecule has 4 atom stereocenters. The van der Waals surface area contributed by atoms with Crippen molar-refractivity contribution in [3.8, 4) is 0 Å². The zero-order valence-corrected chi connectivity index (χ0v) is 52.2. The van der Waals surface area contributed by atoms with Gasteiger partial charge in [-0.15, -0.1) is 0 Å². The molecule has 0 bridgehead atoms. The Morgan fingerprint density at radius 3 is 0.989 bits per heavy atom. The van der Waals surface area contributed by atoms with Crippen molar-refractivity contribution in [2.75, 3.05) is 74.2 Å². The fraction of sp³-hybridized carbons (Fsp3) is 0.438. The summed E-state index contributed by atoms with van der Waals surface area (Å²) in [5.41, 5.74) is -0.101. The monoisotopic (exact) mass is 1230 g/mol. The van der Waals surface area contributed by atoms with Gasteiger partial charge in [0.05, 0.1) is 72.0 Å². The normalized spacial score (nSPS) is 12.5. The van der Waals surface area contributed by atoms with Crippen molar-refractivity contribution in [1.82, 2.24) is 0 Å². The Hall–Kier alpha value is -9.00. The van der Waals surface area contributed by atoms with Gasteiger partial charge in [-0.1, -0.05) is 52.0 Å². The summed E-state index contributed by atoms with van der Waals surface area (Å²) in [5.74, 6) is -6.79. The van der Waals surface area contributed by atoms with Crippen LogP contribution >= 0.6 is 0 Å². The molecular formula is C64H80O24. The van der Waals surface area contributed by atoms with Crippen LogP contribution in [-0.4, -0.2) is 170 Å². The molecule has 3 aromatic carbocycles. The first-order valence-electron chi connectivity index (χ1n) is 27.3.